The molecule has 2 atom stereocenters. The fourth-order valence-corrected chi connectivity index (χ4v) is 5.53. The SMILES string of the molecule is CCN(C(=O)c1cc2c(cc1F)OC(C)(C)C(=O)N2CCN)C1CCCC[C@@H]1c1cccc(OC)c1. The van der Waals surface area contributed by atoms with Crippen molar-refractivity contribution in [1.29, 1.82) is 0 Å². The Hall–Kier alpha value is -3.13. The quantitative estimate of drug-likeness (QED) is 0.610. The molecule has 1 unspecified atom stereocenters. The van der Waals surface area contributed by atoms with Crippen LogP contribution in [0.3, 0.4) is 0 Å². The lowest BCUT2D eigenvalue weighted by atomic mass is 9.79. The zero-order chi connectivity index (χ0) is 26.0. The van der Waals surface area contributed by atoms with E-state index in [-0.39, 0.29) is 48.2 Å². The molecular formula is C28H36FN3O4. The monoisotopic (exact) mass is 497 g/mol. The van der Waals surface area contributed by atoms with Crippen molar-refractivity contribution in [2.75, 3.05) is 31.6 Å². The average molecular weight is 498 g/mol. The highest BCUT2D eigenvalue weighted by Gasteiger charge is 2.42. The van der Waals surface area contributed by atoms with Crippen LogP contribution >= 0.6 is 0 Å². The second-order valence-electron chi connectivity index (χ2n) is 9.98. The summed E-state index contributed by atoms with van der Waals surface area (Å²) in [6, 6.07) is 10.6. The van der Waals surface area contributed by atoms with Gasteiger partial charge in [-0.2, -0.15) is 0 Å². The summed E-state index contributed by atoms with van der Waals surface area (Å²) in [5.41, 5.74) is 6.03. The van der Waals surface area contributed by atoms with Gasteiger partial charge in [-0.15, -0.1) is 0 Å². The van der Waals surface area contributed by atoms with Gasteiger partial charge in [0, 0.05) is 37.7 Å². The van der Waals surface area contributed by atoms with E-state index in [0.717, 1.165) is 37.0 Å². The van der Waals surface area contributed by atoms with Crippen LogP contribution < -0.4 is 20.1 Å². The number of hydrogen-bond acceptors (Lipinski definition) is 5. The molecule has 2 N–H and O–H groups in total. The standard InChI is InChI=1S/C28H36FN3O4/c1-5-31(23-12-7-6-11-20(23)18-9-8-10-19(15-18)35-4)26(33)21-16-24-25(17-22(21)29)36-28(2,3)27(34)32(24)14-13-30/h8-10,15-17,20,23H,5-7,11-14,30H2,1-4H3/t20-,23?/m1/s1. The topological polar surface area (TPSA) is 85.1 Å². The summed E-state index contributed by atoms with van der Waals surface area (Å²) in [6.07, 6.45) is 3.85. The molecule has 2 aliphatic rings. The lowest BCUT2D eigenvalue weighted by Gasteiger charge is -2.41. The molecule has 194 valence electrons. The Morgan fingerprint density at radius 3 is 2.69 bits per heavy atom. The highest BCUT2D eigenvalue weighted by Crippen LogP contribution is 2.41. The summed E-state index contributed by atoms with van der Waals surface area (Å²) < 4.78 is 26.6. The van der Waals surface area contributed by atoms with Gasteiger partial charge in [-0.25, -0.2) is 4.39 Å². The third-order valence-electron chi connectivity index (χ3n) is 7.30. The number of carbonyl (C=O) groups excluding carboxylic acids is 2. The zero-order valence-corrected chi connectivity index (χ0v) is 21.6. The molecule has 0 radical (unpaired) electrons. The first-order chi connectivity index (χ1) is 17.2. The molecule has 2 aromatic carbocycles. The molecule has 7 nitrogen and oxygen atoms in total. The van der Waals surface area contributed by atoms with Crippen LogP contribution in [0.1, 0.15) is 68.3 Å². The van der Waals surface area contributed by atoms with Gasteiger partial charge >= 0.3 is 0 Å². The number of carbonyl (C=O) groups is 2. The predicted molar refractivity (Wildman–Crippen MR) is 137 cm³/mol. The summed E-state index contributed by atoms with van der Waals surface area (Å²) in [5.74, 6) is -0.191. The molecule has 1 aliphatic carbocycles. The Balaban J connectivity index is 1.71. The van der Waals surface area contributed by atoms with E-state index in [9.17, 15) is 9.59 Å². The lowest BCUT2D eigenvalue weighted by molar-refractivity contribution is -0.132. The first-order valence-electron chi connectivity index (χ1n) is 12.7. The maximum Gasteiger partial charge on any atom is 0.270 e. The van der Waals surface area contributed by atoms with Crippen LogP contribution in [0.25, 0.3) is 0 Å². The molecule has 36 heavy (non-hydrogen) atoms. The van der Waals surface area contributed by atoms with Gasteiger partial charge in [0.15, 0.2) is 5.60 Å². The van der Waals surface area contributed by atoms with E-state index in [2.05, 4.69) is 6.07 Å². The fraction of sp³-hybridized carbons (Fsp3) is 0.500. The van der Waals surface area contributed by atoms with E-state index in [0.29, 0.717) is 12.2 Å². The van der Waals surface area contributed by atoms with Gasteiger partial charge in [-0.3, -0.25) is 9.59 Å². The van der Waals surface area contributed by atoms with E-state index in [1.807, 2.05) is 25.1 Å². The van der Waals surface area contributed by atoms with Crippen molar-refractivity contribution in [3.05, 3.63) is 53.3 Å². The van der Waals surface area contributed by atoms with E-state index < -0.39 is 11.4 Å². The Morgan fingerprint density at radius 1 is 1.25 bits per heavy atom. The van der Waals surface area contributed by atoms with Gasteiger partial charge in [0.05, 0.1) is 18.4 Å². The number of ether oxygens (including phenoxy) is 2. The van der Waals surface area contributed by atoms with Crippen molar-refractivity contribution in [2.24, 2.45) is 5.73 Å². The van der Waals surface area contributed by atoms with Crippen molar-refractivity contribution in [2.45, 2.75) is 64.0 Å². The van der Waals surface area contributed by atoms with Crippen LogP contribution in [0.5, 0.6) is 11.5 Å². The second kappa shape index (κ2) is 10.5. The molecule has 1 heterocycles. The number of anilines is 1. The van der Waals surface area contributed by atoms with Crippen LogP contribution in [-0.4, -0.2) is 55.1 Å². The van der Waals surface area contributed by atoms with Crippen molar-refractivity contribution in [3.63, 3.8) is 0 Å². The molecule has 2 aromatic rings. The highest BCUT2D eigenvalue weighted by atomic mass is 19.1. The van der Waals surface area contributed by atoms with Crippen LogP contribution in [0.15, 0.2) is 36.4 Å². The van der Waals surface area contributed by atoms with Crippen molar-refractivity contribution < 1.29 is 23.5 Å². The van der Waals surface area contributed by atoms with Gasteiger partial charge in [0.2, 0.25) is 0 Å². The van der Waals surface area contributed by atoms with Gasteiger partial charge in [0.1, 0.15) is 17.3 Å². The molecule has 0 saturated heterocycles. The highest BCUT2D eigenvalue weighted by molar-refractivity contribution is 6.04. The molecule has 0 spiro atoms. The van der Waals surface area contributed by atoms with E-state index >= 15 is 4.39 Å². The molecule has 0 aromatic heterocycles. The van der Waals surface area contributed by atoms with Gasteiger partial charge < -0.3 is 25.0 Å². The molecule has 1 saturated carbocycles. The van der Waals surface area contributed by atoms with Gasteiger partial charge in [-0.05, 0) is 57.4 Å². The second-order valence-corrected chi connectivity index (χ2v) is 9.98. The van der Waals surface area contributed by atoms with Crippen LogP contribution in [-0.2, 0) is 4.79 Å². The predicted octanol–water partition coefficient (Wildman–Crippen LogP) is 4.49. The average Bonchev–Trinajstić information content (AvgIpc) is 2.87. The first kappa shape index (κ1) is 25.9. The Kier molecular flexibility index (Phi) is 7.54. The van der Waals surface area contributed by atoms with E-state index in [4.69, 9.17) is 15.2 Å². The number of fused-ring (bicyclic) bond motifs is 1. The zero-order valence-electron chi connectivity index (χ0n) is 21.6. The Bertz CT molecular complexity index is 1140. The van der Waals surface area contributed by atoms with Crippen molar-refractivity contribution in [3.8, 4) is 11.5 Å². The van der Waals surface area contributed by atoms with Gasteiger partial charge in [0.25, 0.3) is 11.8 Å². The number of methoxy groups -OCH3 is 1. The summed E-state index contributed by atoms with van der Waals surface area (Å²) in [7, 11) is 1.64. The molecule has 1 aliphatic heterocycles. The third-order valence-corrected chi connectivity index (χ3v) is 7.30. The Labute approximate surface area is 212 Å². The smallest absolute Gasteiger partial charge is 0.270 e. The third kappa shape index (κ3) is 4.78. The molecule has 1 fully saturated rings. The summed E-state index contributed by atoms with van der Waals surface area (Å²) >= 11 is 0. The molecule has 2 amide bonds. The number of rotatable bonds is 7. The maximum absolute atomic E-state index is 15.4. The minimum absolute atomic E-state index is 0.0660. The Morgan fingerprint density at radius 2 is 2.00 bits per heavy atom. The number of benzene rings is 2. The summed E-state index contributed by atoms with van der Waals surface area (Å²) in [4.78, 5) is 30.1. The van der Waals surface area contributed by atoms with Gasteiger partial charge in [-0.1, -0.05) is 25.0 Å². The number of nitrogens with two attached hydrogens (primary N) is 1. The molecular weight excluding hydrogens is 461 g/mol. The molecule has 0 bridgehead atoms. The maximum atomic E-state index is 15.4. The molecule has 4 rings (SSSR count). The molecule has 8 heteroatoms. The largest absolute Gasteiger partial charge is 0.497 e. The van der Waals surface area contributed by atoms with E-state index in [1.54, 1.807) is 25.9 Å². The normalized spacial score (nSPS) is 20.9. The number of amides is 2. The minimum Gasteiger partial charge on any atom is -0.497 e. The number of likely N-dealkylation sites (N-methyl/N-ethyl adjacent to an activating group) is 1. The van der Waals surface area contributed by atoms with Crippen LogP contribution in [0, 0.1) is 5.82 Å². The van der Waals surface area contributed by atoms with Crippen LogP contribution in [0.4, 0.5) is 10.1 Å². The summed E-state index contributed by atoms with van der Waals surface area (Å²) in [5, 5.41) is 0. The fourth-order valence-electron chi connectivity index (χ4n) is 5.53. The van der Waals surface area contributed by atoms with Crippen molar-refractivity contribution >= 4 is 17.5 Å². The van der Waals surface area contributed by atoms with Crippen LogP contribution in [0.2, 0.25) is 0 Å². The first-order valence-corrected chi connectivity index (χ1v) is 12.7. The minimum atomic E-state index is -1.15. The summed E-state index contributed by atoms with van der Waals surface area (Å²) in [6.45, 7) is 6.11. The lowest BCUT2D eigenvalue weighted by Crippen LogP contribution is -2.53. The number of halogens is 1. The van der Waals surface area contributed by atoms with E-state index in [1.165, 1.54) is 17.0 Å². The number of hydrogen-bond donors (Lipinski definition) is 1. The number of nitrogens with zero attached hydrogens (tertiary/aromatic N) is 2. The van der Waals surface area contributed by atoms with Crippen molar-refractivity contribution in [1.82, 2.24) is 4.90 Å².